The van der Waals surface area contributed by atoms with Crippen LogP contribution >= 0.6 is 27.5 Å². The lowest BCUT2D eigenvalue weighted by atomic mass is 9.51. The Bertz CT molecular complexity index is 2020. The molecule has 2 saturated heterocycles. The smallest absolute Gasteiger partial charge is 0.335 e. The summed E-state index contributed by atoms with van der Waals surface area (Å²) in [6, 6.07) is 12.3. The van der Waals surface area contributed by atoms with Crippen molar-refractivity contribution in [2.45, 2.75) is 25.7 Å². The highest BCUT2D eigenvalue weighted by atomic mass is 79.9. The van der Waals surface area contributed by atoms with E-state index in [1.165, 1.54) is 43.5 Å². The molecule has 6 unspecified atom stereocenters. The van der Waals surface area contributed by atoms with E-state index < -0.39 is 70.4 Å². The van der Waals surface area contributed by atoms with Gasteiger partial charge in [0.2, 0.25) is 23.6 Å². The maximum atomic E-state index is 14.6. The Hall–Kier alpha value is -4.55. The third kappa shape index (κ3) is 4.45. The summed E-state index contributed by atoms with van der Waals surface area (Å²) in [5, 5.41) is 20.8. The number of rotatable bonds is 5. The van der Waals surface area contributed by atoms with E-state index in [0.29, 0.717) is 10.0 Å². The van der Waals surface area contributed by atoms with Gasteiger partial charge in [0.05, 0.1) is 52.2 Å². The zero-order valence-electron chi connectivity index (χ0n) is 25.4. The molecule has 1 saturated carbocycles. The lowest BCUT2D eigenvalue weighted by Gasteiger charge is -2.49. The molecule has 0 spiro atoms. The number of fused-ring (bicyclic) bond motifs is 4. The van der Waals surface area contributed by atoms with Crippen molar-refractivity contribution in [3.63, 3.8) is 0 Å². The first-order chi connectivity index (χ1) is 22.8. The fourth-order valence-corrected chi connectivity index (χ4v) is 8.86. The number of hydrogen-bond acceptors (Lipinski definition) is 7. The quantitative estimate of drug-likeness (QED) is 0.237. The molecule has 13 heteroatoms. The summed E-state index contributed by atoms with van der Waals surface area (Å²) < 4.78 is 20.1. The number of aromatic hydroxyl groups is 1. The van der Waals surface area contributed by atoms with Crippen LogP contribution < -0.4 is 14.5 Å². The number of halogens is 3. The lowest BCUT2D eigenvalue weighted by molar-refractivity contribution is -0.131. The molecule has 2 aliphatic heterocycles. The maximum absolute atomic E-state index is 14.6. The molecule has 246 valence electrons. The van der Waals surface area contributed by atoms with Crippen LogP contribution in [0.15, 0.2) is 70.7 Å². The Kier molecular flexibility index (Phi) is 7.52. The van der Waals surface area contributed by atoms with Crippen molar-refractivity contribution in [3.8, 4) is 11.5 Å². The fourth-order valence-electron chi connectivity index (χ4n) is 8.23. The van der Waals surface area contributed by atoms with E-state index in [-0.39, 0.29) is 51.9 Å². The van der Waals surface area contributed by atoms with Gasteiger partial charge >= 0.3 is 5.97 Å². The van der Waals surface area contributed by atoms with Crippen molar-refractivity contribution in [2.24, 2.45) is 29.1 Å². The summed E-state index contributed by atoms with van der Waals surface area (Å²) in [7, 11) is 1.38. The molecule has 3 aromatic carbocycles. The molecule has 3 aromatic rings. The number of carboxylic acids is 1. The Labute approximate surface area is 286 Å². The normalized spacial score (nSPS) is 27.9. The molecule has 4 aliphatic rings. The molecular formula is C35H27BrClFN2O8. The summed E-state index contributed by atoms with van der Waals surface area (Å²) in [5.74, 6) is -8.66. The van der Waals surface area contributed by atoms with E-state index in [4.69, 9.17) is 16.3 Å². The number of imide groups is 2. The first-order valence-electron chi connectivity index (χ1n) is 15.1. The van der Waals surface area contributed by atoms with Crippen LogP contribution in [0.1, 0.15) is 41.6 Å². The van der Waals surface area contributed by atoms with E-state index in [1.807, 2.05) is 6.08 Å². The number of carbonyl (C=O) groups excluding carboxylic acids is 4. The second kappa shape index (κ2) is 11.3. The van der Waals surface area contributed by atoms with Gasteiger partial charge in [0.15, 0.2) is 11.5 Å². The topological polar surface area (TPSA) is 142 Å². The van der Waals surface area contributed by atoms with Crippen LogP contribution in [0.2, 0.25) is 5.02 Å². The summed E-state index contributed by atoms with van der Waals surface area (Å²) in [4.78, 5) is 70.7. The minimum Gasteiger partial charge on any atom is -0.504 e. The van der Waals surface area contributed by atoms with Crippen LogP contribution in [0.3, 0.4) is 0 Å². The van der Waals surface area contributed by atoms with Crippen molar-refractivity contribution < 1.29 is 43.3 Å². The van der Waals surface area contributed by atoms with Crippen LogP contribution in [0, 0.1) is 34.9 Å². The number of amides is 4. The SMILES string of the molecule is COc1cc(Br)cc(C2C3=CCC4C(=O)N(c5cccc(C(=O)O)c5)C(=O)C4C3CC3C(=O)N(c4ccc(F)c(Cl)c4)C(=O)C32C)c1O. The molecule has 2 heterocycles. The number of carboxylic acid groups (broad SMARTS) is 1. The van der Waals surface area contributed by atoms with Gasteiger partial charge in [0.25, 0.3) is 0 Å². The van der Waals surface area contributed by atoms with Crippen LogP contribution in [-0.2, 0) is 19.2 Å². The van der Waals surface area contributed by atoms with Gasteiger partial charge in [-0.25, -0.2) is 14.1 Å². The summed E-state index contributed by atoms with van der Waals surface area (Å²) in [6.07, 6.45) is 1.99. The molecule has 2 aliphatic carbocycles. The number of methoxy groups -OCH3 is 1. The summed E-state index contributed by atoms with van der Waals surface area (Å²) in [5.41, 5.74) is -0.478. The average Bonchev–Trinajstić information content (AvgIpc) is 3.43. The molecule has 2 N–H and O–H groups in total. The van der Waals surface area contributed by atoms with E-state index in [9.17, 15) is 38.6 Å². The molecule has 0 bridgehead atoms. The highest BCUT2D eigenvalue weighted by Gasteiger charge is 2.68. The van der Waals surface area contributed by atoms with Gasteiger partial charge in [-0.05, 0) is 74.2 Å². The molecule has 48 heavy (non-hydrogen) atoms. The highest BCUT2D eigenvalue weighted by molar-refractivity contribution is 9.10. The predicted octanol–water partition coefficient (Wildman–Crippen LogP) is 6.09. The molecule has 4 amide bonds. The predicted molar refractivity (Wildman–Crippen MR) is 174 cm³/mol. The molecular weight excluding hydrogens is 711 g/mol. The third-order valence-corrected chi connectivity index (χ3v) is 11.1. The van der Waals surface area contributed by atoms with E-state index in [0.717, 1.165) is 15.9 Å². The van der Waals surface area contributed by atoms with Gasteiger partial charge in [0, 0.05) is 16.0 Å². The van der Waals surface area contributed by atoms with Gasteiger partial charge in [-0.15, -0.1) is 0 Å². The van der Waals surface area contributed by atoms with Crippen molar-refractivity contribution in [1.29, 1.82) is 0 Å². The Balaban J connectivity index is 1.39. The molecule has 0 aromatic heterocycles. The molecule has 10 nitrogen and oxygen atoms in total. The number of anilines is 2. The van der Waals surface area contributed by atoms with Gasteiger partial charge in [-0.2, -0.15) is 0 Å². The standard InChI is InChI=1S/C35H27BrClFN2O8/c1-35-23(31(43)40(34(35)47)18-6-9-25(38)24(37)13-18)14-21-19(28(35)22-11-16(36)12-26(48-2)29(22)41)7-8-20-27(21)32(44)39(30(20)42)17-5-3-4-15(10-17)33(45)46/h3-7,9-13,20-21,23,27-28,41H,8,14H2,1-2H3,(H,45,46). The van der Waals surface area contributed by atoms with Crippen LogP contribution in [0.5, 0.6) is 11.5 Å². The Morgan fingerprint density at radius 1 is 1.00 bits per heavy atom. The monoisotopic (exact) mass is 736 g/mol. The van der Waals surface area contributed by atoms with Gasteiger partial charge in [-0.1, -0.05) is 45.2 Å². The maximum Gasteiger partial charge on any atom is 0.335 e. The number of allylic oxidation sites excluding steroid dienone is 2. The summed E-state index contributed by atoms with van der Waals surface area (Å²) >= 11 is 9.53. The van der Waals surface area contributed by atoms with E-state index >= 15 is 0 Å². The number of ether oxygens (including phenoxy) is 1. The van der Waals surface area contributed by atoms with Gasteiger partial charge in [-0.3, -0.25) is 24.1 Å². The lowest BCUT2D eigenvalue weighted by Crippen LogP contribution is -2.49. The second-order valence-corrected chi connectivity index (χ2v) is 14.0. The van der Waals surface area contributed by atoms with Crippen molar-refractivity contribution in [2.75, 3.05) is 16.9 Å². The van der Waals surface area contributed by atoms with Crippen molar-refractivity contribution in [3.05, 3.63) is 92.7 Å². The van der Waals surface area contributed by atoms with Crippen LogP contribution in [-0.4, -0.2) is 46.9 Å². The fraction of sp³-hybridized carbons (Fsp3) is 0.286. The van der Waals surface area contributed by atoms with Gasteiger partial charge < -0.3 is 14.9 Å². The highest BCUT2D eigenvalue weighted by Crippen LogP contribution is 2.65. The Morgan fingerprint density at radius 2 is 1.73 bits per heavy atom. The first-order valence-corrected chi connectivity index (χ1v) is 16.3. The molecule has 3 fully saturated rings. The van der Waals surface area contributed by atoms with Gasteiger partial charge in [0.1, 0.15) is 5.82 Å². The zero-order chi connectivity index (χ0) is 34.4. The number of nitrogens with zero attached hydrogens (tertiary/aromatic N) is 2. The summed E-state index contributed by atoms with van der Waals surface area (Å²) in [6.45, 7) is 1.65. The number of phenolic OH excluding ortho intramolecular Hbond substituents is 1. The third-order valence-electron chi connectivity index (χ3n) is 10.4. The van der Waals surface area contributed by atoms with Crippen LogP contribution in [0.4, 0.5) is 15.8 Å². The number of benzene rings is 3. The zero-order valence-corrected chi connectivity index (χ0v) is 27.8. The minimum absolute atomic E-state index is 0.0317. The first kappa shape index (κ1) is 32.0. The minimum atomic E-state index is -1.49. The van der Waals surface area contributed by atoms with Crippen LogP contribution in [0.25, 0.3) is 0 Å². The number of carbonyl (C=O) groups is 5. The van der Waals surface area contributed by atoms with Crippen molar-refractivity contribution in [1.82, 2.24) is 0 Å². The number of hydrogen-bond donors (Lipinski definition) is 2. The number of aromatic carboxylic acids is 1. The largest absolute Gasteiger partial charge is 0.504 e. The molecule has 0 radical (unpaired) electrons. The Morgan fingerprint density at radius 3 is 2.42 bits per heavy atom. The van der Waals surface area contributed by atoms with E-state index in [2.05, 4.69) is 15.9 Å². The molecule has 6 atom stereocenters. The second-order valence-electron chi connectivity index (χ2n) is 12.7. The van der Waals surface area contributed by atoms with Crippen molar-refractivity contribution >= 4 is 68.5 Å². The average molecular weight is 738 g/mol. The van der Waals surface area contributed by atoms with E-state index in [1.54, 1.807) is 19.1 Å². The molecule has 7 rings (SSSR count). The number of phenols is 1.